The number of rotatable bonds is 3. The molecule has 5 nitrogen and oxygen atoms in total. The number of halogens is 5. The quantitative estimate of drug-likeness (QED) is 0.822. The molecular weight excluding hydrogens is 392 g/mol. The topological polar surface area (TPSA) is 58.1 Å². The molecule has 10 heteroatoms. The second-order valence-corrected chi connectivity index (χ2v) is 6.55. The van der Waals surface area contributed by atoms with E-state index in [2.05, 4.69) is 15.3 Å². The van der Waals surface area contributed by atoms with Crippen LogP contribution in [0.2, 0.25) is 10.0 Å². The van der Waals surface area contributed by atoms with Gasteiger partial charge < -0.3 is 10.2 Å². The smallest absolute Gasteiger partial charge is 0.329 e. The summed E-state index contributed by atoms with van der Waals surface area (Å²) in [6.07, 6.45) is -2.46. The van der Waals surface area contributed by atoms with Gasteiger partial charge in [-0.25, -0.2) is 9.97 Å². The molecule has 2 heterocycles. The molecule has 138 valence electrons. The van der Waals surface area contributed by atoms with E-state index in [1.165, 1.54) is 11.0 Å². The van der Waals surface area contributed by atoms with Gasteiger partial charge >= 0.3 is 6.18 Å². The van der Waals surface area contributed by atoms with Crippen molar-refractivity contribution >= 4 is 40.7 Å². The minimum atomic E-state index is -4.58. The van der Waals surface area contributed by atoms with Crippen molar-refractivity contribution in [3.05, 3.63) is 46.2 Å². The Kier molecular flexibility index (Phi) is 5.24. The highest BCUT2D eigenvalue weighted by Gasteiger charge is 2.36. The highest BCUT2D eigenvalue weighted by molar-refractivity contribution is 6.35. The van der Waals surface area contributed by atoms with E-state index in [1.54, 1.807) is 12.1 Å². The first-order valence-corrected chi connectivity index (χ1v) is 8.44. The van der Waals surface area contributed by atoms with Crippen LogP contribution in [0.1, 0.15) is 18.5 Å². The van der Waals surface area contributed by atoms with Gasteiger partial charge in [0, 0.05) is 17.8 Å². The van der Waals surface area contributed by atoms with Crippen molar-refractivity contribution in [2.75, 3.05) is 16.8 Å². The number of nitrogens with one attached hydrogen (secondary N) is 1. The minimum Gasteiger partial charge on any atom is -0.329 e. The van der Waals surface area contributed by atoms with Crippen molar-refractivity contribution in [2.24, 2.45) is 0 Å². The van der Waals surface area contributed by atoms with Gasteiger partial charge in [-0.05, 0) is 37.1 Å². The molecule has 1 N–H and O–H groups in total. The third-order valence-electron chi connectivity index (χ3n) is 3.93. The molecule has 1 fully saturated rings. The van der Waals surface area contributed by atoms with Crippen molar-refractivity contribution in [3.8, 4) is 0 Å². The predicted octanol–water partition coefficient (Wildman–Crippen LogP) is 4.41. The van der Waals surface area contributed by atoms with Gasteiger partial charge in [-0.15, -0.1) is 0 Å². The Morgan fingerprint density at radius 2 is 2.04 bits per heavy atom. The van der Waals surface area contributed by atoms with Crippen LogP contribution in [0.4, 0.5) is 24.8 Å². The Bertz CT molecular complexity index is 831. The molecule has 1 aromatic carbocycles. The zero-order valence-electron chi connectivity index (χ0n) is 13.2. The van der Waals surface area contributed by atoms with E-state index >= 15 is 0 Å². The molecule has 26 heavy (non-hydrogen) atoms. The fraction of sp³-hybridized carbons (Fsp3) is 0.312. The van der Waals surface area contributed by atoms with E-state index in [-0.39, 0.29) is 5.95 Å². The number of carbonyl (C=O) groups is 1. The molecular formula is C16H13Cl2F3N4O. The van der Waals surface area contributed by atoms with E-state index in [4.69, 9.17) is 23.2 Å². The molecule has 0 aliphatic carbocycles. The van der Waals surface area contributed by atoms with Crippen LogP contribution in [-0.2, 0) is 11.0 Å². The molecule has 1 aromatic heterocycles. The van der Waals surface area contributed by atoms with Crippen LogP contribution >= 0.6 is 23.2 Å². The zero-order chi connectivity index (χ0) is 18.9. The lowest BCUT2D eigenvalue weighted by Crippen LogP contribution is -2.40. The lowest BCUT2D eigenvalue weighted by Gasteiger charge is -2.24. The molecule has 1 atom stereocenters. The molecule has 1 amide bonds. The summed E-state index contributed by atoms with van der Waals surface area (Å²) in [4.78, 5) is 21.5. The lowest BCUT2D eigenvalue weighted by atomic mass is 10.2. The number of anilines is 2. The van der Waals surface area contributed by atoms with Crippen molar-refractivity contribution in [2.45, 2.75) is 25.1 Å². The van der Waals surface area contributed by atoms with E-state index in [1.807, 2.05) is 0 Å². The second-order valence-electron chi connectivity index (χ2n) is 5.70. The summed E-state index contributed by atoms with van der Waals surface area (Å²) in [7, 11) is 0. The first-order chi connectivity index (χ1) is 12.3. The number of carbonyl (C=O) groups excluding carboxylic acids is 1. The highest BCUT2D eigenvalue weighted by Crippen LogP contribution is 2.31. The molecule has 1 saturated heterocycles. The van der Waals surface area contributed by atoms with E-state index in [0.717, 1.165) is 12.3 Å². The molecule has 3 rings (SSSR count). The van der Waals surface area contributed by atoms with Crippen molar-refractivity contribution in [1.29, 1.82) is 0 Å². The maximum absolute atomic E-state index is 12.9. The number of alkyl halides is 3. The Morgan fingerprint density at radius 1 is 1.27 bits per heavy atom. The number of aromatic nitrogens is 2. The summed E-state index contributed by atoms with van der Waals surface area (Å²) in [5.41, 5.74) is -0.715. The molecule has 0 radical (unpaired) electrons. The maximum Gasteiger partial charge on any atom is 0.433 e. The number of amides is 1. The van der Waals surface area contributed by atoms with Gasteiger partial charge in [0.1, 0.15) is 11.7 Å². The van der Waals surface area contributed by atoms with Crippen LogP contribution in [0.5, 0.6) is 0 Å². The van der Waals surface area contributed by atoms with Gasteiger partial charge in [0.25, 0.3) is 0 Å². The summed E-state index contributed by atoms with van der Waals surface area (Å²) >= 11 is 11.9. The molecule has 1 unspecified atom stereocenters. The second kappa shape index (κ2) is 7.28. The molecule has 1 aliphatic rings. The van der Waals surface area contributed by atoms with Crippen LogP contribution in [0, 0.1) is 0 Å². The summed E-state index contributed by atoms with van der Waals surface area (Å²) in [6, 6.07) is 4.72. The van der Waals surface area contributed by atoms with Crippen LogP contribution < -0.4 is 10.2 Å². The monoisotopic (exact) mass is 404 g/mol. The highest BCUT2D eigenvalue weighted by atomic mass is 35.5. The van der Waals surface area contributed by atoms with Gasteiger partial charge in [0.2, 0.25) is 11.9 Å². The maximum atomic E-state index is 12.9. The fourth-order valence-corrected chi connectivity index (χ4v) is 3.07. The van der Waals surface area contributed by atoms with E-state index in [9.17, 15) is 18.0 Å². The number of hydrogen-bond donors (Lipinski definition) is 1. The summed E-state index contributed by atoms with van der Waals surface area (Å²) in [5, 5.41) is 3.37. The molecule has 0 spiro atoms. The third-order valence-corrected chi connectivity index (χ3v) is 4.50. The van der Waals surface area contributed by atoms with Crippen molar-refractivity contribution in [3.63, 3.8) is 0 Å². The summed E-state index contributed by atoms with van der Waals surface area (Å²) in [5.74, 6) is -0.539. The molecule has 1 aliphatic heterocycles. The number of benzene rings is 1. The number of nitrogens with zero attached hydrogens (tertiary/aromatic N) is 3. The Balaban J connectivity index is 1.82. The summed E-state index contributed by atoms with van der Waals surface area (Å²) in [6.45, 7) is 0.378. The van der Waals surface area contributed by atoms with Crippen LogP contribution in [0.25, 0.3) is 0 Å². The minimum absolute atomic E-state index is 0.130. The first-order valence-electron chi connectivity index (χ1n) is 7.68. The van der Waals surface area contributed by atoms with Crippen LogP contribution in [-0.4, -0.2) is 28.5 Å². The SMILES string of the molecule is O=C(Nc1cc(Cl)ccc1Cl)C1CCCN1c1nccc(C(F)(F)F)n1. The Morgan fingerprint density at radius 3 is 2.77 bits per heavy atom. The standard InChI is InChI=1S/C16H13Cl2F3N4O/c17-9-3-4-10(18)11(8-9)23-14(26)12-2-1-7-25(12)15-22-6-5-13(24-15)16(19,20)21/h3-6,8,12H,1-2,7H2,(H,23,26). The van der Waals surface area contributed by atoms with E-state index in [0.29, 0.717) is 35.1 Å². The molecule has 0 bridgehead atoms. The predicted molar refractivity (Wildman–Crippen MR) is 92.5 cm³/mol. The molecule has 0 saturated carbocycles. The first kappa shape index (κ1) is 18.7. The van der Waals surface area contributed by atoms with Gasteiger partial charge in [-0.1, -0.05) is 23.2 Å². The fourth-order valence-electron chi connectivity index (χ4n) is 2.73. The van der Waals surface area contributed by atoms with Crippen LogP contribution in [0.15, 0.2) is 30.5 Å². The average molecular weight is 405 g/mol. The van der Waals surface area contributed by atoms with Gasteiger partial charge in [-0.2, -0.15) is 13.2 Å². The van der Waals surface area contributed by atoms with Crippen molar-refractivity contribution in [1.82, 2.24) is 9.97 Å². The van der Waals surface area contributed by atoms with Gasteiger partial charge in [-0.3, -0.25) is 4.79 Å². The Hall–Kier alpha value is -2.06. The number of hydrogen-bond acceptors (Lipinski definition) is 4. The van der Waals surface area contributed by atoms with Crippen LogP contribution in [0.3, 0.4) is 0 Å². The largest absolute Gasteiger partial charge is 0.433 e. The van der Waals surface area contributed by atoms with Crippen molar-refractivity contribution < 1.29 is 18.0 Å². The molecule has 2 aromatic rings. The van der Waals surface area contributed by atoms with E-state index < -0.39 is 23.8 Å². The van der Waals surface area contributed by atoms with Gasteiger partial charge in [0.05, 0.1) is 10.7 Å². The zero-order valence-corrected chi connectivity index (χ0v) is 14.7. The lowest BCUT2D eigenvalue weighted by molar-refractivity contribution is -0.141. The average Bonchev–Trinajstić information content (AvgIpc) is 3.07. The third kappa shape index (κ3) is 4.02. The Labute approximate surface area is 157 Å². The van der Waals surface area contributed by atoms with Gasteiger partial charge in [0.15, 0.2) is 0 Å². The summed E-state index contributed by atoms with van der Waals surface area (Å²) < 4.78 is 38.6. The normalized spacial score (nSPS) is 17.4.